The van der Waals surface area contributed by atoms with Crippen LogP contribution in [0.2, 0.25) is 0 Å². The Balaban J connectivity index is 1.77. The normalized spacial score (nSPS) is 14.4. The maximum absolute atomic E-state index is 4.55. The maximum Gasteiger partial charge on any atom is 0.159 e. The van der Waals surface area contributed by atoms with Crippen molar-refractivity contribution in [3.63, 3.8) is 0 Å². The highest BCUT2D eigenvalue weighted by atomic mass is 32.1. The van der Waals surface area contributed by atoms with Gasteiger partial charge in [0.15, 0.2) is 5.82 Å². The van der Waals surface area contributed by atoms with E-state index in [0.717, 1.165) is 28.9 Å². The Hall–Kier alpha value is -2.27. The lowest BCUT2D eigenvalue weighted by atomic mass is 10.0. The fourth-order valence-electron chi connectivity index (χ4n) is 2.93. The first-order chi connectivity index (χ1) is 11.3. The number of hydrogen-bond donors (Lipinski definition) is 1. The molecule has 116 valence electrons. The number of aromatic nitrogens is 2. The molecule has 1 aliphatic rings. The van der Waals surface area contributed by atoms with Gasteiger partial charge in [-0.25, -0.2) is 9.97 Å². The van der Waals surface area contributed by atoms with Crippen molar-refractivity contribution in [2.75, 3.05) is 5.43 Å². The smallest absolute Gasteiger partial charge is 0.159 e. The number of hydrazone groups is 1. The van der Waals surface area contributed by atoms with Crippen molar-refractivity contribution in [2.45, 2.75) is 32.6 Å². The summed E-state index contributed by atoms with van der Waals surface area (Å²) in [6, 6.07) is 8.57. The molecule has 0 amide bonds. The van der Waals surface area contributed by atoms with Crippen LogP contribution in [0, 0.1) is 6.92 Å². The highest BCUT2D eigenvalue weighted by Gasteiger charge is 2.14. The number of aryl methyl sites for hydroxylation is 1. The second-order valence-electron chi connectivity index (χ2n) is 5.91. The van der Waals surface area contributed by atoms with Crippen LogP contribution < -0.4 is 5.43 Å². The van der Waals surface area contributed by atoms with Gasteiger partial charge in [0.05, 0.1) is 5.39 Å². The molecule has 1 aromatic carbocycles. The number of nitrogens with one attached hydrogen (secondary N) is 1. The van der Waals surface area contributed by atoms with Gasteiger partial charge in [-0.3, -0.25) is 5.43 Å². The molecule has 0 radical (unpaired) electrons. The fraction of sp³-hybridized carbons (Fsp3) is 0.278. The summed E-state index contributed by atoms with van der Waals surface area (Å²) in [6.07, 6.45) is 6.28. The first-order valence-electron chi connectivity index (χ1n) is 7.92. The highest BCUT2D eigenvalue weighted by Crippen LogP contribution is 2.36. The van der Waals surface area contributed by atoms with Crippen molar-refractivity contribution in [3.8, 4) is 11.1 Å². The molecule has 4 rings (SSSR count). The average molecular weight is 322 g/mol. The first-order valence-corrected chi connectivity index (χ1v) is 8.80. The Morgan fingerprint density at radius 3 is 2.65 bits per heavy atom. The summed E-state index contributed by atoms with van der Waals surface area (Å²) in [5.74, 6) is 0.797. The molecule has 1 saturated carbocycles. The minimum absolute atomic E-state index is 0.797. The van der Waals surface area contributed by atoms with Gasteiger partial charge in [0.25, 0.3) is 0 Å². The third-order valence-corrected chi connectivity index (χ3v) is 5.12. The van der Waals surface area contributed by atoms with Crippen LogP contribution in [0.1, 0.15) is 31.2 Å². The van der Waals surface area contributed by atoms with Crippen molar-refractivity contribution in [1.29, 1.82) is 0 Å². The second-order valence-corrected chi connectivity index (χ2v) is 6.77. The highest BCUT2D eigenvalue weighted by molar-refractivity contribution is 7.17. The van der Waals surface area contributed by atoms with E-state index in [9.17, 15) is 0 Å². The van der Waals surface area contributed by atoms with E-state index in [1.165, 1.54) is 35.2 Å². The van der Waals surface area contributed by atoms with Crippen molar-refractivity contribution in [1.82, 2.24) is 9.97 Å². The zero-order chi connectivity index (χ0) is 15.6. The zero-order valence-corrected chi connectivity index (χ0v) is 13.9. The summed E-state index contributed by atoms with van der Waals surface area (Å²) in [6.45, 7) is 2.10. The molecule has 0 bridgehead atoms. The Bertz CT molecular complexity index is 856. The van der Waals surface area contributed by atoms with Gasteiger partial charge in [-0.15, -0.1) is 11.3 Å². The molecular weight excluding hydrogens is 304 g/mol. The van der Waals surface area contributed by atoms with Crippen molar-refractivity contribution < 1.29 is 0 Å². The lowest BCUT2D eigenvalue weighted by molar-refractivity contribution is 0.886. The van der Waals surface area contributed by atoms with Gasteiger partial charge in [-0.05, 0) is 38.2 Å². The van der Waals surface area contributed by atoms with Crippen molar-refractivity contribution in [3.05, 3.63) is 41.5 Å². The quantitative estimate of drug-likeness (QED) is 0.690. The molecule has 1 aliphatic carbocycles. The van der Waals surface area contributed by atoms with E-state index in [1.54, 1.807) is 17.7 Å². The Morgan fingerprint density at radius 1 is 1.09 bits per heavy atom. The predicted octanol–water partition coefficient (Wildman–Crippen LogP) is 5.01. The van der Waals surface area contributed by atoms with E-state index < -0.39 is 0 Å². The largest absolute Gasteiger partial charge is 0.261 e. The van der Waals surface area contributed by atoms with E-state index >= 15 is 0 Å². The van der Waals surface area contributed by atoms with Gasteiger partial charge >= 0.3 is 0 Å². The molecule has 1 fully saturated rings. The third kappa shape index (κ3) is 2.84. The maximum atomic E-state index is 4.55. The van der Waals surface area contributed by atoms with Crippen molar-refractivity contribution in [2.24, 2.45) is 5.10 Å². The summed E-state index contributed by atoms with van der Waals surface area (Å²) in [5.41, 5.74) is 8.03. The van der Waals surface area contributed by atoms with Crippen molar-refractivity contribution >= 4 is 33.1 Å². The van der Waals surface area contributed by atoms with Crippen LogP contribution in [0.15, 0.2) is 41.1 Å². The van der Waals surface area contributed by atoms with Gasteiger partial charge in [-0.1, -0.05) is 29.8 Å². The number of rotatable bonds is 3. The van der Waals surface area contributed by atoms with Crippen LogP contribution in [0.5, 0.6) is 0 Å². The van der Waals surface area contributed by atoms with Gasteiger partial charge < -0.3 is 0 Å². The van der Waals surface area contributed by atoms with E-state index in [2.05, 4.69) is 57.1 Å². The third-order valence-electron chi connectivity index (χ3n) is 4.23. The van der Waals surface area contributed by atoms with E-state index in [-0.39, 0.29) is 0 Å². The minimum atomic E-state index is 0.797. The average Bonchev–Trinajstić information content (AvgIpc) is 3.23. The molecule has 0 aliphatic heterocycles. The molecule has 1 N–H and O–H groups in total. The van der Waals surface area contributed by atoms with Crippen LogP contribution >= 0.6 is 11.3 Å². The van der Waals surface area contributed by atoms with Crippen LogP contribution in [-0.2, 0) is 0 Å². The number of benzene rings is 1. The molecule has 0 atom stereocenters. The Labute approximate surface area is 139 Å². The van der Waals surface area contributed by atoms with Crippen LogP contribution in [0.25, 0.3) is 21.3 Å². The SMILES string of the molecule is Cc1ccc(-c2csc3ncnc(NN=C4CCCC4)c23)cc1. The topological polar surface area (TPSA) is 50.2 Å². The Morgan fingerprint density at radius 2 is 1.87 bits per heavy atom. The van der Waals surface area contributed by atoms with Gasteiger partial charge in [-0.2, -0.15) is 5.10 Å². The zero-order valence-electron chi connectivity index (χ0n) is 13.0. The first kappa shape index (κ1) is 14.3. The standard InChI is InChI=1S/C18H18N4S/c1-12-6-8-13(9-7-12)15-10-23-18-16(15)17(19-11-20-18)22-21-14-4-2-3-5-14/h6-11H,2-5H2,1H3,(H,19,20,22). The lowest BCUT2D eigenvalue weighted by Crippen LogP contribution is -1.99. The number of nitrogens with zero attached hydrogens (tertiary/aromatic N) is 3. The summed E-state index contributed by atoms with van der Waals surface area (Å²) >= 11 is 1.65. The number of anilines is 1. The molecule has 2 aromatic heterocycles. The molecule has 5 heteroatoms. The van der Waals surface area contributed by atoms with Crippen LogP contribution in [-0.4, -0.2) is 15.7 Å². The van der Waals surface area contributed by atoms with Crippen LogP contribution in [0.3, 0.4) is 0 Å². The number of fused-ring (bicyclic) bond motifs is 1. The molecule has 0 unspecified atom stereocenters. The molecular formula is C18H18N4S. The summed E-state index contributed by atoms with van der Waals surface area (Å²) in [7, 11) is 0. The van der Waals surface area contributed by atoms with E-state index in [0.29, 0.717) is 0 Å². The fourth-order valence-corrected chi connectivity index (χ4v) is 3.85. The van der Waals surface area contributed by atoms with E-state index in [4.69, 9.17) is 0 Å². The summed E-state index contributed by atoms with van der Waals surface area (Å²) in [4.78, 5) is 9.82. The number of thiophene rings is 1. The van der Waals surface area contributed by atoms with Crippen LogP contribution in [0.4, 0.5) is 5.82 Å². The monoisotopic (exact) mass is 322 g/mol. The number of hydrogen-bond acceptors (Lipinski definition) is 5. The second kappa shape index (κ2) is 6.08. The molecule has 3 aromatic rings. The summed E-state index contributed by atoms with van der Waals surface area (Å²) < 4.78 is 0. The predicted molar refractivity (Wildman–Crippen MR) is 97.1 cm³/mol. The minimum Gasteiger partial charge on any atom is -0.261 e. The molecule has 4 nitrogen and oxygen atoms in total. The molecule has 2 heterocycles. The Kier molecular flexibility index (Phi) is 3.79. The molecule has 0 spiro atoms. The molecule has 0 saturated heterocycles. The van der Waals surface area contributed by atoms with Gasteiger partial charge in [0.2, 0.25) is 0 Å². The van der Waals surface area contributed by atoms with Gasteiger partial charge in [0, 0.05) is 16.7 Å². The lowest BCUT2D eigenvalue weighted by Gasteiger charge is -2.06. The van der Waals surface area contributed by atoms with E-state index in [1.807, 2.05) is 0 Å². The molecule has 23 heavy (non-hydrogen) atoms. The van der Waals surface area contributed by atoms with Gasteiger partial charge in [0.1, 0.15) is 11.2 Å². The summed E-state index contributed by atoms with van der Waals surface area (Å²) in [5, 5.41) is 7.76.